The van der Waals surface area contributed by atoms with Gasteiger partial charge < -0.3 is 14.2 Å². The monoisotopic (exact) mass is 450 g/mol. The number of ether oxygens (including phenoxy) is 3. The summed E-state index contributed by atoms with van der Waals surface area (Å²) in [6.07, 6.45) is 1.72. The lowest BCUT2D eigenvalue weighted by Crippen LogP contribution is -2.34. The number of nitrogens with one attached hydrogen (secondary N) is 1. The second-order valence-electron chi connectivity index (χ2n) is 6.98. The van der Waals surface area contributed by atoms with E-state index in [0.29, 0.717) is 29.4 Å². The van der Waals surface area contributed by atoms with E-state index in [-0.39, 0.29) is 31.2 Å². The summed E-state index contributed by atoms with van der Waals surface area (Å²) in [6.45, 7) is 2.65. The third-order valence-corrected chi connectivity index (χ3v) is 6.60. The largest absolute Gasteiger partial charge is 0.494 e. The van der Waals surface area contributed by atoms with Crippen molar-refractivity contribution in [3.8, 4) is 17.2 Å². The molecule has 10 heteroatoms. The van der Waals surface area contributed by atoms with Crippen LogP contribution in [-0.4, -0.2) is 43.8 Å². The van der Waals surface area contributed by atoms with Crippen molar-refractivity contribution in [3.05, 3.63) is 48.0 Å². The summed E-state index contributed by atoms with van der Waals surface area (Å²) in [7, 11) is -3.92. The van der Waals surface area contributed by atoms with E-state index in [1.165, 1.54) is 21.9 Å². The summed E-state index contributed by atoms with van der Waals surface area (Å²) in [5.41, 5.74) is 2.21. The van der Waals surface area contributed by atoms with Crippen LogP contribution in [0.3, 0.4) is 0 Å². The number of nitrogens with zero attached hydrogens (tertiary/aromatic N) is 1. The van der Waals surface area contributed by atoms with Gasteiger partial charge in [0.1, 0.15) is 5.75 Å². The maximum absolute atomic E-state index is 13.3. The third kappa shape index (κ3) is 5.87. The molecule has 0 unspecified atom stereocenters. The van der Waals surface area contributed by atoms with Gasteiger partial charge in [0.25, 0.3) is 0 Å². The quantitative estimate of drug-likeness (QED) is 0.307. The Morgan fingerprint density at radius 3 is 2.61 bits per heavy atom. The van der Waals surface area contributed by atoms with E-state index in [4.69, 9.17) is 19.4 Å². The summed E-state index contributed by atoms with van der Waals surface area (Å²) < 4.78 is 44.0. The lowest BCUT2D eigenvalue weighted by atomic mass is 10.2. The molecule has 0 saturated heterocycles. The van der Waals surface area contributed by atoms with E-state index in [2.05, 4.69) is 6.92 Å². The number of carbonyl (C=O) groups excluding carboxylic acids is 1. The molecule has 3 rings (SSSR count). The highest BCUT2D eigenvalue weighted by Gasteiger charge is 2.26. The molecule has 0 aliphatic carbocycles. The molecule has 0 saturated carbocycles. The number of hydrogen-bond donors (Lipinski definition) is 2. The van der Waals surface area contributed by atoms with Crippen molar-refractivity contribution in [2.24, 2.45) is 0 Å². The highest BCUT2D eigenvalue weighted by atomic mass is 32.2. The highest BCUT2D eigenvalue weighted by Crippen LogP contribution is 2.33. The summed E-state index contributed by atoms with van der Waals surface area (Å²) in [6, 6.07) is 11.4. The molecule has 1 amide bonds. The SMILES string of the molecule is CCCCOc1ccc(S(=O)(=O)N(CCC(=O)NO)Cc2ccc3c(c2)OCO3)cc1. The normalized spacial score (nSPS) is 12.7. The van der Waals surface area contributed by atoms with Gasteiger partial charge in [0.05, 0.1) is 11.5 Å². The summed E-state index contributed by atoms with van der Waals surface area (Å²) in [5.74, 6) is 1.05. The molecular weight excluding hydrogens is 424 g/mol. The van der Waals surface area contributed by atoms with Crippen LogP contribution in [0.4, 0.5) is 0 Å². The Morgan fingerprint density at radius 1 is 1.16 bits per heavy atom. The lowest BCUT2D eigenvalue weighted by Gasteiger charge is -2.22. The molecule has 2 aromatic rings. The Labute approximate surface area is 181 Å². The van der Waals surface area contributed by atoms with Crippen LogP contribution in [0.15, 0.2) is 47.4 Å². The van der Waals surface area contributed by atoms with Crippen LogP contribution in [0.25, 0.3) is 0 Å². The second kappa shape index (κ2) is 10.5. The molecule has 31 heavy (non-hydrogen) atoms. The first-order chi connectivity index (χ1) is 14.9. The van der Waals surface area contributed by atoms with E-state index in [1.807, 2.05) is 0 Å². The number of amides is 1. The molecule has 0 fully saturated rings. The number of benzene rings is 2. The van der Waals surface area contributed by atoms with Crippen molar-refractivity contribution >= 4 is 15.9 Å². The van der Waals surface area contributed by atoms with Crippen molar-refractivity contribution in [2.45, 2.75) is 37.6 Å². The van der Waals surface area contributed by atoms with Crippen LogP contribution in [0.2, 0.25) is 0 Å². The Kier molecular flexibility index (Phi) is 7.72. The minimum Gasteiger partial charge on any atom is -0.494 e. The van der Waals surface area contributed by atoms with Gasteiger partial charge in [0, 0.05) is 19.5 Å². The van der Waals surface area contributed by atoms with Crippen molar-refractivity contribution in [3.63, 3.8) is 0 Å². The van der Waals surface area contributed by atoms with Gasteiger partial charge in [-0.15, -0.1) is 0 Å². The topological polar surface area (TPSA) is 114 Å². The maximum atomic E-state index is 13.3. The number of sulfonamides is 1. The van der Waals surface area contributed by atoms with Crippen LogP contribution in [0.5, 0.6) is 17.2 Å². The van der Waals surface area contributed by atoms with E-state index in [1.54, 1.807) is 30.3 Å². The third-order valence-electron chi connectivity index (χ3n) is 4.74. The van der Waals surface area contributed by atoms with Gasteiger partial charge in [0.2, 0.25) is 22.7 Å². The van der Waals surface area contributed by atoms with Crippen LogP contribution in [0.1, 0.15) is 31.7 Å². The number of rotatable bonds is 11. The minimum atomic E-state index is -3.92. The van der Waals surface area contributed by atoms with Crippen molar-refractivity contribution in [1.29, 1.82) is 0 Å². The average Bonchev–Trinajstić information content (AvgIpc) is 3.24. The number of fused-ring (bicyclic) bond motifs is 1. The molecule has 2 aromatic carbocycles. The fourth-order valence-corrected chi connectivity index (χ4v) is 4.43. The summed E-state index contributed by atoms with van der Waals surface area (Å²) in [5, 5.41) is 8.77. The molecule has 0 aromatic heterocycles. The molecule has 0 bridgehead atoms. The number of unbranched alkanes of at least 4 members (excludes halogenated alkanes) is 1. The smallest absolute Gasteiger partial charge is 0.244 e. The van der Waals surface area contributed by atoms with Crippen LogP contribution in [0, 0.1) is 0 Å². The maximum Gasteiger partial charge on any atom is 0.244 e. The summed E-state index contributed by atoms with van der Waals surface area (Å²) in [4.78, 5) is 11.6. The molecular formula is C21H26N2O7S. The van der Waals surface area contributed by atoms with E-state index in [9.17, 15) is 13.2 Å². The second-order valence-corrected chi connectivity index (χ2v) is 8.92. The fraction of sp³-hybridized carbons (Fsp3) is 0.381. The lowest BCUT2D eigenvalue weighted by molar-refractivity contribution is -0.129. The molecule has 1 aliphatic heterocycles. The predicted molar refractivity (Wildman–Crippen MR) is 112 cm³/mol. The Bertz CT molecular complexity index is 993. The van der Waals surface area contributed by atoms with E-state index in [0.717, 1.165) is 12.8 Å². The highest BCUT2D eigenvalue weighted by molar-refractivity contribution is 7.89. The first-order valence-electron chi connectivity index (χ1n) is 9.98. The zero-order chi connectivity index (χ0) is 22.3. The molecule has 1 aliphatic rings. The predicted octanol–water partition coefficient (Wildman–Crippen LogP) is 2.68. The van der Waals surface area contributed by atoms with Gasteiger partial charge in [-0.3, -0.25) is 10.0 Å². The molecule has 168 valence electrons. The van der Waals surface area contributed by atoms with Gasteiger partial charge >= 0.3 is 0 Å². The molecule has 0 radical (unpaired) electrons. The van der Waals surface area contributed by atoms with Crippen molar-refractivity contribution < 1.29 is 32.6 Å². The number of hydroxylamine groups is 1. The Balaban J connectivity index is 1.80. The van der Waals surface area contributed by atoms with Gasteiger partial charge in [-0.1, -0.05) is 19.4 Å². The Hall–Kier alpha value is -2.82. The zero-order valence-electron chi connectivity index (χ0n) is 17.2. The molecule has 1 heterocycles. The molecule has 0 atom stereocenters. The van der Waals surface area contributed by atoms with Crippen LogP contribution < -0.4 is 19.7 Å². The number of carbonyl (C=O) groups is 1. The zero-order valence-corrected chi connectivity index (χ0v) is 18.1. The standard InChI is InChI=1S/C21H26N2O7S/c1-2-3-12-28-17-5-7-18(8-6-17)31(26,27)23(11-10-21(24)22-25)14-16-4-9-19-20(13-16)30-15-29-19/h4-9,13,25H,2-3,10-12,14-15H2,1H3,(H,22,24). The van der Waals surface area contributed by atoms with Crippen LogP contribution in [-0.2, 0) is 21.4 Å². The molecule has 9 nitrogen and oxygen atoms in total. The molecule has 2 N–H and O–H groups in total. The van der Waals surface area contributed by atoms with Gasteiger partial charge in [0.15, 0.2) is 11.5 Å². The first-order valence-corrected chi connectivity index (χ1v) is 11.4. The average molecular weight is 451 g/mol. The van der Waals surface area contributed by atoms with Crippen molar-refractivity contribution in [1.82, 2.24) is 9.79 Å². The van der Waals surface area contributed by atoms with Gasteiger partial charge in [-0.2, -0.15) is 4.31 Å². The van der Waals surface area contributed by atoms with Crippen LogP contribution >= 0.6 is 0 Å². The van der Waals surface area contributed by atoms with E-state index >= 15 is 0 Å². The van der Waals surface area contributed by atoms with Crippen molar-refractivity contribution in [2.75, 3.05) is 19.9 Å². The summed E-state index contributed by atoms with van der Waals surface area (Å²) >= 11 is 0. The number of hydrogen-bond acceptors (Lipinski definition) is 7. The van der Waals surface area contributed by atoms with Gasteiger partial charge in [-0.05, 0) is 48.4 Å². The molecule has 0 spiro atoms. The Morgan fingerprint density at radius 2 is 1.90 bits per heavy atom. The fourth-order valence-electron chi connectivity index (χ4n) is 3.00. The van der Waals surface area contributed by atoms with Gasteiger partial charge in [-0.25, -0.2) is 13.9 Å². The minimum absolute atomic E-state index is 0.0203. The first kappa shape index (κ1) is 22.9. The van der Waals surface area contributed by atoms with E-state index < -0.39 is 15.9 Å².